The molecule has 2 unspecified atom stereocenters. The van der Waals surface area contributed by atoms with E-state index in [9.17, 15) is 13.2 Å². The summed E-state index contributed by atoms with van der Waals surface area (Å²) in [6.07, 6.45) is -0.565. The monoisotopic (exact) mass is 359 g/mol. The lowest BCUT2D eigenvalue weighted by molar-refractivity contribution is -0.141. The number of hydrogen-bond donors (Lipinski definition) is 0. The van der Waals surface area contributed by atoms with Crippen LogP contribution in [0.2, 0.25) is 0 Å². The fourth-order valence-electron chi connectivity index (χ4n) is 3.83. The Balaban J connectivity index is 1.50. The third-order valence-corrected chi connectivity index (χ3v) is 5.12. The highest BCUT2D eigenvalue weighted by molar-refractivity contribution is 5.51. The number of nitriles is 1. The first kappa shape index (κ1) is 16.6. The molecule has 8 heteroatoms. The zero-order valence-corrected chi connectivity index (χ0v) is 13.8. The average molecular weight is 359 g/mol. The molecule has 0 radical (unpaired) electrons. The van der Waals surface area contributed by atoms with E-state index in [-0.39, 0.29) is 6.04 Å². The van der Waals surface area contributed by atoms with Gasteiger partial charge >= 0.3 is 6.18 Å². The first-order valence-corrected chi connectivity index (χ1v) is 8.37. The van der Waals surface area contributed by atoms with E-state index >= 15 is 0 Å². The maximum atomic E-state index is 12.7. The number of pyridine rings is 2. The molecule has 2 fully saturated rings. The maximum Gasteiger partial charge on any atom is 0.433 e. The van der Waals surface area contributed by atoms with Gasteiger partial charge in [-0.2, -0.15) is 18.4 Å². The van der Waals surface area contributed by atoms with Crippen molar-refractivity contribution < 1.29 is 13.2 Å². The SMILES string of the molecule is N#Cc1ccc(N2CC3CCN(c4ccc(C(F)(F)F)nc4)C3C2)nc1. The quantitative estimate of drug-likeness (QED) is 0.825. The molecule has 0 bridgehead atoms. The van der Waals surface area contributed by atoms with E-state index in [0.29, 0.717) is 11.5 Å². The second kappa shape index (κ2) is 6.16. The molecule has 4 rings (SSSR count). The van der Waals surface area contributed by atoms with Crippen molar-refractivity contribution in [2.24, 2.45) is 5.92 Å². The highest BCUT2D eigenvalue weighted by atomic mass is 19.4. The van der Waals surface area contributed by atoms with E-state index in [0.717, 1.165) is 43.6 Å². The standard InChI is InChI=1S/C18H16F3N5/c19-18(20,21)16-3-2-14(9-23-16)26-6-5-13-10-25(11-15(13)26)17-4-1-12(7-22)8-24-17/h1-4,8-9,13,15H,5-6,10-11H2. The molecular formula is C18H16F3N5. The van der Waals surface area contributed by atoms with Crippen LogP contribution in [0.5, 0.6) is 0 Å². The van der Waals surface area contributed by atoms with Crippen molar-refractivity contribution in [3.8, 4) is 6.07 Å². The normalized spacial score (nSPS) is 22.4. The second-order valence-corrected chi connectivity index (χ2v) is 6.63. The maximum absolute atomic E-state index is 12.7. The van der Waals surface area contributed by atoms with E-state index in [1.807, 2.05) is 6.07 Å². The molecule has 0 aromatic carbocycles. The summed E-state index contributed by atoms with van der Waals surface area (Å²) in [5.74, 6) is 1.26. The van der Waals surface area contributed by atoms with Crippen molar-refractivity contribution >= 4 is 11.5 Å². The van der Waals surface area contributed by atoms with Gasteiger partial charge in [-0.15, -0.1) is 0 Å². The van der Waals surface area contributed by atoms with Crippen LogP contribution >= 0.6 is 0 Å². The number of anilines is 2. The van der Waals surface area contributed by atoms with E-state index < -0.39 is 11.9 Å². The molecule has 2 aromatic heterocycles. The molecule has 0 saturated carbocycles. The lowest BCUT2D eigenvalue weighted by atomic mass is 10.1. The van der Waals surface area contributed by atoms with Crippen LogP contribution in [0, 0.1) is 17.2 Å². The largest absolute Gasteiger partial charge is 0.433 e. The summed E-state index contributed by atoms with van der Waals surface area (Å²) in [6, 6.07) is 8.40. The summed E-state index contributed by atoms with van der Waals surface area (Å²) in [5.41, 5.74) is 0.373. The van der Waals surface area contributed by atoms with Crippen LogP contribution in [0.3, 0.4) is 0 Å². The minimum Gasteiger partial charge on any atom is -0.365 e. The van der Waals surface area contributed by atoms with Crippen LogP contribution in [-0.2, 0) is 6.18 Å². The van der Waals surface area contributed by atoms with Gasteiger partial charge in [0.25, 0.3) is 0 Å². The average Bonchev–Trinajstić information content (AvgIpc) is 3.22. The fourth-order valence-corrected chi connectivity index (χ4v) is 3.83. The Morgan fingerprint density at radius 2 is 1.92 bits per heavy atom. The molecule has 4 heterocycles. The van der Waals surface area contributed by atoms with Gasteiger partial charge in [0, 0.05) is 31.7 Å². The molecule has 2 atom stereocenters. The second-order valence-electron chi connectivity index (χ2n) is 6.63. The summed E-state index contributed by atoms with van der Waals surface area (Å²) >= 11 is 0. The van der Waals surface area contributed by atoms with Gasteiger partial charge in [0.2, 0.25) is 0 Å². The topological polar surface area (TPSA) is 56.1 Å². The third-order valence-electron chi connectivity index (χ3n) is 5.12. The molecule has 2 aliphatic rings. The van der Waals surface area contributed by atoms with Crippen LogP contribution in [0.4, 0.5) is 24.7 Å². The number of rotatable bonds is 2. The Morgan fingerprint density at radius 3 is 2.54 bits per heavy atom. The molecule has 5 nitrogen and oxygen atoms in total. The summed E-state index contributed by atoms with van der Waals surface area (Å²) in [4.78, 5) is 12.2. The van der Waals surface area contributed by atoms with Gasteiger partial charge in [-0.05, 0) is 30.7 Å². The van der Waals surface area contributed by atoms with Crippen molar-refractivity contribution in [2.75, 3.05) is 29.4 Å². The van der Waals surface area contributed by atoms with Gasteiger partial charge < -0.3 is 9.80 Å². The van der Waals surface area contributed by atoms with E-state index in [4.69, 9.17) is 5.26 Å². The number of aromatic nitrogens is 2. The number of halogens is 3. The van der Waals surface area contributed by atoms with Gasteiger partial charge in [0.05, 0.1) is 23.5 Å². The van der Waals surface area contributed by atoms with Crippen molar-refractivity contribution in [1.29, 1.82) is 5.26 Å². The van der Waals surface area contributed by atoms with Crippen LogP contribution < -0.4 is 9.80 Å². The minimum absolute atomic E-state index is 0.228. The van der Waals surface area contributed by atoms with Gasteiger partial charge in [-0.25, -0.2) is 9.97 Å². The van der Waals surface area contributed by atoms with Crippen LogP contribution in [0.25, 0.3) is 0 Å². The molecule has 0 N–H and O–H groups in total. The number of nitrogens with zero attached hydrogens (tertiary/aromatic N) is 5. The molecule has 2 aromatic rings. The van der Waals surface area contributed by atoms with E-state index in [1.54, 1.807) is 12.3 Å². The molecule has 0 spiro atoms. The van der Waals surface area contributed by atoms with E-state index in [2.05, 4.69) is 25.8 Å². The third kappa shape index (κ3) is 2.94. The van der Waals surface area contributed by atoms with Gasteiger partial charge in [-0.3, -0.25) is 0 Å². The fraction of sp³-hybridized carbons (Fsp3) is 0.389. The Morgan fingerprint density at radius 1 is 1.08 bits per heavy atom. The Hall–Kier alpha value is -2.82. The lowest BCUT2D eigenvalue weighted by Gasteiger charge is -2.27. The number of hydrogen-bond acceptors (Lipinski definition) is 5. The van der Waals surface area contributed by atoms with E-state index in [1.165, 1.54) is 12.3 Å². The van der Waals surface area contributed by atoms with Crippen LogP contribution in [-0.4, -0.2) is 35.6 Å². The van der Waals surface area contributed by atoms with Crippen LogP contribution in [0.1, 0.15) is 17.7 Å². The zero-order chi connectivity index (χ0) is 18.3. The lowest BCUT2D eigenvalue weighted by Crippen LogP contribution is -2.35. The Bertz CT molecular complexity index is 826. The van der Waals surface area contributed by atoms with Crippen molar-refractivity contribution in [3.63, 3.8) is 0 Å². The summed E-state index contributed by atoms with van der Waals surface area (Å²) in [7, 11) is 0. The van der Waals surface area contributed by atoms with Gasteiger partial charge in [0.1, 0.15) is 17.6 Å². The molecule has 26 heavy (non-hydrogen) atoms. The first-order chi connectivity index (χ1) is 12.5. The molecular weight excluding hydrogens is 343 g/mol. The predicted molar refractivity (Wildman–Crippen MR) is 89.6 cm³/mol. The highest BCUT2D eigenvalue weighted by Crippen LogP contribution is 2.37. The zero-order valence-electron chi connectivity index (χ0n) is 13.8. The van der Waals surface area contributed by atoms with Crippen LogP contribution in [0.15, 0.2) is 36.7 Å². The van der Waals surface area contributed by atoms with Gasteiger partial charge in [0.15, 0.2) is 0 Å². The number of fused-ring (bicyclic) bond motifs is 1. The smallest absolute Gasteiger partial charge is 0.365 e. The summed E-state index contributed by atoms with van der Waals surface area (Å²) in [5, 5.41) is 8.87. The van der Waals surface area contributed by atoms with Crippen molar-refractivity contribution in [3.05, 3.63) is 47.9 Å². The molecule has 0 aliphatic carbocycles. The molecule has 2 aliphatic heterocycles. The van der Waals surface area contributed by atoms with Gasteiger partial charge in [-0.1, -0.05) is 0 Å². The summed E-state index contributed by atoms with van der Waals surface area (Å²) < 4.78 is 38.1. The first-order valence-electron chi connectivity index (χ1n) is 8.37. The number of alkyl halides is 3. The highest BCUT2D eigenvalue weighted by Gasteiger charge is 2.42. The Labute approximate surface area is 148 Å². The molecule has 2 saturated heterocycles. The Kier molecular flexibility index (Phi) is 3.94. The summed E-state index contributed by atoms with van der Waals surface area (Å²) in [6.45, 7) is 2.43. The van der Waals surface area contributed by atoms with Crippen molar-refractivity contribution in [2.45, 2.75) is 18.6 Å². The van der Waals surface area contributed by atoms with Crippen molar-refractivity contribution in [1.82, 2.24) is 9.97 Å². The molecule has 0 amide bonds. The molecule has 134 valence electrons. The predicted octanol–water partition coefficient (Wildman–Crippen LogP) is 3.08. The minimum atomic E-state index is -4.42.